The average molecular weight is 346 g/mol. The van der Waals surface area contributed by atoms with Crippen LogP contribution in [0.3, 0.4) is 0 Å². The monoisotopic (exact) mass is 346 g/mol. The number of phenols is 2. The van der Waals surface area contributed by atoms with Crippen LogP contribution in [-0.2, 0) is 0 Å². The molecule has 0 fully saturated rings. The van der Waals surface area contributed by atoms with Crippen LogP contribution in [0.1, 0.15) is 15.9 Å². The highest BCUT2D eigenvalue weighted by Crippen LogP contribution is 2.40. The van der Waals surface area contributed by atoms with E-state index in [2.05, 4.69) is 0 Å². The molecule has 2 N–H and O–H groups in total. The van der Waals surface area contributed by atoms with Crippen molar-refractivity contribution in [2.45, 2.75) is 0 Å². The molecule has 4 aromatic rings. The van der Waals surface area contributed by atoms with E-state index >= 15 is 0 Å². The molecule has 3 nitrogen and oxygen atoms in total. The highest BCUT2D eigenvalue weighted by Gasteiger charge is 2.23. The van der Waals surface area contributed by atoms with Gasteiger partial charge in [-0.3, -0.25) is 4.79 Å². The van der Waals surface area contributed by atoms with Crippen molar-refractivity contribution in [1.29, 1.82) is 0 Å². The molecule has 0 amide bonds. The molecule has 4 rings (SSSR count). The number of para-hydroxylation sites is 1. The van der Waals surface area contributed by atoms with Crippen molar-refractivity contribution in [3.8, 4) is 21.9 Å². The van der Waals surface area contributed by atoms with Gasteiger partial charge in [-0.15, -0.1) is 11.3 Å². The predicted octanol–water partition coefficient (Wildman–Crippen LogP) is 5.21. The van der Waals surface area contributed by atoms with Crippen LogP contribution in [-0.4, -0.2) is 16.0 Å². The van der Waals surface area contributed by atoms with Crippen LogP contribution < -0.4 is 0 Å². The Morgan fingerprint density at radius 2 is 1.48 bits per heavy atom. The third-order valence-corrected chi connectivity index (χ3v) is 5.32. The number of carbonyl (C=O) groups is 1. The summed E-state index contributed by atoms with van der Waals surface area (Å²) in [6.45, 7) is 0. The van der Waals surface area contributed by atoms with Crippen molar-refractivity contribution < 1.29 is 15.0 Å². The number of carbonyl (C=O) groups excluding carboxylic acids is 1. The Morgan fingerprint density at radius 3 is 2.24 bits per heavy atom. The zero-order valence-electron chi connectivity index (χ0n) is 13.1. The number of thiophene rings is 1. The first-order valence-electron chi connectivity index (χ1n) is 7.79. The molecule has 1 heterocycles. The van der Waals surface area contributed by atoms with Crippen molar-refractivity contribution >= 4 is 27.2 Å². The Kier molecular flexibility index (Phi) is 3.75. The molecular formula is C21H14O3S. The highest BCUT2D eigenvalue weighted by atomic mass is 32.1. The Bertz CT molecular complexity index is 1080. The molecule has 0 bridgehead atoms. The minimum absolute atomic E-state index is 0.0283. The van der Waals surface area contributed by atoms with E-state index < -0.39 is 0 Å². The number of ketones is 1. The summed E-state index contributed by atoms with van der Waals surface area (Å²) < 4.78 is 1.00. The van der Waals surface area contributed by atoms with Gasteiger partial charge in [0, 0.05) is 20.5 Å². The lowest BCUT2D eigenvalue weighted by atomic mass is 9.97. The van der Waals surface area contributed by atoms with Gasteiger partial charge in [0.1, 0.15) is 11.5 Å². The van der Waals surface area contributed by atoms with Crippen molar-refractivity contribution in [2.24, 2.45) is 0 Å². The number of fused-ring (bicyclic) bond motifs is 1. The first-order valence-corrected chi connectivity index (χ1v) is 8.60. The van der Waals surface area contributed by atoms with Gasteiger partial charge < -0.3 is 10.2 Å². The summed E-state index contributed by atoms with van der Waals surface area (Å²) >= 11 is 1.53. The van der Waals surface area contributed by atoms with E-state index in [1.807, 2.05) is 24.3 Å². The maximum atomic E-state index is 13.2. The molecular weight excluding hydrogens is 332 g/mol. The Morgan fingerprint density at radius 1 is 0.800 bits per heavy atom. The molecule has 0 aliphatic heterocycles. The molecule has 0 radical (unpaired) electrons. The zero-order chi connectivity index (χ0) is 17.4. The second kappa shape index (κ2) is 6.07. The van der Waals surface area contributed by atoms with Gasteiger partial charge in [-0.2, -0.15) is 0 Å². The fraction of sp³-hybridized carbons (Fsp3) is 0. The van der Waals surface area contributed by atoms with E-state index in [1.54, 1.807) is 42.5 Å². The normalized spacial score (nSPS) is 10.9. The summed E-state index contributed by atoms with van der Waals surface area (Å²) in [4.78, 5) is 14.0. The van der Waals surface area contributed by atoms with Crippen LogP contribution >= 0.6 is 11.3 Å². The summed E-state index contributed by atoms with van der Waals surface area (Å²) in [7, 11) is 0. The second-order valence-corrected chi connectivity index (χ2v) is 6.75. The molecule has 4 heteroatoms. The van der Waals surface area contributed by atoms with Crippen molar-refractivity contribution in [3.63, 3.8) is 0 Å². The van der Waals surface area contributed by atoms with E-state index in [0.717, 1.165) is 20.5 Å². The molecule has 0 spiro atoms. The van der Waals surface area contributed by atoms with Crippen LogP contribution in [0.2, 0.25) is 0 Å². The third kappa shape index (κ3) is 2.66. The number of hydrogen-bond donors (Lipinski definition) is 2. The molecule has 0 aliphatic carbocycles. The lowest BCUT2D eigenvalue weighted by Gasteiger charge is -2.07. The predicted molar refractivity (Wildman–Crippen MR) is 100 cm³/mol. The van der Waals surface area contributed by atoms with E-state index in [1.165, 1.54) is 17.4 Å². The Hall–Kier alpha value is -3.11. The molecule has 0 aliphatic rings. The molecule has 25 heavy (non-hydrogen) atoms. The standard InChI is InChI=1S/C21H14O3S/c22-14-11-9-13(10-12-14)21-19(16-6-2-4-8-18(16)25-21)20(24)15-5-1-3-7-17(15)23/h1-12,22-23H. The van der Waals surface area contributed by atoms with Gasteiger partial charge in [0.05, 0.1) is 5.56 Å². The van der Waals surface area contributed by atoms with Crippen LogP contribution in [0.25, 0.3) is 20.5 Å². The SMILES string of the molecule is O=C(c1ccccc1O)c1c(-c2ccc(O)cc2)sc2ccccc12. The minimum Gasteiger partial charge on any atom is -0.508 e. The van der Waals surface area contributed by atoms with Gasteiger partial charge in [-0.05, 0) is 48.0 Å². The van der Waals surface area contributed by atoms with Gasteiger partial charge in [0.15, 0.2) is 5.78 Å². The van der Waals surface area contributed by atoms with Gasteiger partial charge in [-0.1, -0.05) is 30.3 Å². The summed E-state index contributed by atoms with van der Waals surface area (Å²) in [5.41, 5.74) is 1.72. The van der Waals surface area contributed by atoms with E-state index in [0.29, 0.717) is 5.56 Å². The maximum absolute atomic E-state index is 13.2. The van der Waals surface area contributed by atoms with Crippen LogP contribution in [0, 0.1) is 0 Å². The number of phenolic OH excluding ortho intramolecular Hbond substituents is 2. The van der Waals surface area contributed by atoms with Crippen LogP contribution in [0.5, 0.6) is 11.5 Å². The molecule has 0 saturated carbocycles. The summed E-state index contributed by atoms with van der Waals surface area (Å²) in [5, 5.41) is 20.5. The number of aromatic hydroxyl groups is 2. The largest absolute Gasteiger partial charge is 0.508 e. The van der Waals surface area contributed by atoms with Gasteiger partial charge >= 0.3 is 0 Å². The van der Waals surface area contributed by atoms with Gasteiger partial charge in [0.2, 0.25) is 0 Å². The fourth-order valence-corrected chi connectivity index (χ4v) is 4.09. The quantitative estimate of drug-likeness (QED) is 0.501. The first kappa shape index (κ1) is 15.4. The van der Waals surface area contributed by atoms with Gasteiger partial charge in [-0.25, -0.2) is 0 Å². The lowest BCUT2D eigenvalue weighted by Crippen LogP contribution is -2.02. The summed E-state index contributed by atoms with van der Waals surface area (Å²) in [5.74, 6) is -0.0588. The van der Waals surface area contributed by atoms with Crippen LogP contribution in [0.15, 0.2) is 72.8 Å². The third-order valence-electron chi connectivity index (χ3n) is 4.10. The van der Waals surface area contributed by atoms with Crippen molar-refractivity contribution in [3.05, 3.63) is 83.9 Å². The van der Waals surface area contributed by atoms with Crippen molar-refractivity contribution in [1.82, 2.24) is 0 Å². The van der Waals surface area contributed by atoms with Crippen LogP contribution in [0.4, 0.5) is 0 Å². The summed E-state index contributed by atoms with van der Waals surface area (Å²) in [6, 6.07) is 21.1. The molecule has 0 unspecified atom stereocenters. The molecule has 3 aromatic carbocycles. The topological polar surface area (TPSA) is 57.5 Å². The Balaban J connectivity index is 1.98. The average Bonchev–Trinajstić information content (AvgIpc) is 3.01. The Labute approximate surface area is 148 Å². The van der Waals surface area contributed by atoms with E-state index in [4.69, 9.17) is 0 Å². The fourth-order valence-electron chi connectivity index (χ4n) is 2.89. The highest BCUT2D eigenvalue weighted by molar-refractivity contribution is 7.22. The van der Waals surface area contributed by atoms with E-state index in [9.17, 15) is 15.0 Å². The summed E-state index contributed by atoms with van der Waals surface area (Å²) in [6.07, 6.45) is 0. The van der Waals surface area contributed by atoms with Crippen molar-refractivity contribution in [2.75, 3.05) is 0 Å². The van der Waals surface area contributed by atoms with E-state index in [-0.39, 0.29) is 22.8 Å². The second-order valence-electron chi connectivity index (χ2n) is 5.70. The number of rotatable bonds is 3. The van der Waals surface area contributed by atoms with Gasteiger partial charge in [0.25, 0.3) is 0 Å². The number of hydrogen-bond acceptors (Lipinski definition) is 4. The molecule has 0 saturated heterocycles. The lowest BCUT2D eigenvalue weighted by molar-refractivity contribution is 0.103. The number of benzene rings is 3. The zero-order valence-corrected chi connectivity index (χ0v) is 14.0. The smallest absolute Gasteiger partial charge is 0.198 e. The minimum atomic E-state index is -0.210. The first-order chi connectivity index (χ1) is 12.1. The maximum Gasteiger partial charge on any atom is 0.198 e. The molecule has 122 valence electrons. The molecule has 0 atom stereocenters. The molecule has 1 aromatic heterocycles.